The second kappa shape index (κ2) is 9.54. The van der Waals surface area contributed by atoms with Crippen molar-refractivity contribution in [2.75, 3.05) is 18.1 Å². The Hall–Kier alpha value is -3.19. The van der Waals surface area contributed by atoms with E-state index in [0.717, 1.165) is 5.75 Å². The van der Waals surface area contributed by atoms with Crippen molar-refractivity contribution in [2.24, 2.45) is 5.92 Å². The number of benzene rings is 2. The van der Waals surface area contributed by atoms with Gasteiger partial charge in [0.25, 0.3) is 11.8 Å². The molecule has 0 saturated carbocycles. The molecule has 1 aliphatic rings. The first-order valence-corrected chi connectivity index (χ1v) is 10.2. The second-order valence-electron chi connectivity index (χ2n) is 7.16. The van der Waals surface area contributed by atoms with Crippen molar-refractivity contribution >= 4 is 40.9 Å². The molecular weight excluding hydrogens is 400 g/mol. The SMILES string of the molecule is CCOc1cccc(N2C(=O)/C(=C/c3ccc(OCC(C)C)cc3)C(=O)NC2=S)c1. The smallest absolute Gasteiger partial charge is 0.270 e. The van der Waals surface area contributed by atoms with Crippen molar-refractivity contribution < 1.29 is 19.1 Å². The van der Waals surface area contributed by atoms with Crippen LogP contribution < -0.4 is 19.7 Å². The Morgan fingerprint density at radius 1 is 1.07 bits per heavy atom. The van der Waals surface area contributed by atoms with Crippen LogP contribution in [-0.2, 0) is 9.59 Å². The van der Waals surface area contributed by atoms with E-state index in [1.807, 2.05) is 19.1 Å². The number of rotatable bonds is 7. The maximum Gasteiger partial charge on any atom is 0.270 e. The summed E-state index contributed by atoms with van der Waals surface area (Å²) < 4.78 is 11.2. The van der Waals surface area contributed by atoms with Crippen LogP contribution in [0.15, 0.2) is 54.1 Å². The van der Waals surface area contributed by atoms with Crippen LogP contribution in [-0.4, -0.2) is 30.1 Å². The molecule has 1 heterocycles. The number of thiocarbonyl (C=S) groups is 1. The maximum atomic E-state index is 13.1. The first-order valence-electron chi connectivity index (χ1n) is 9.76. The first-order chi connectivity index (χ1) is 14.4. The Balaban J connectivity index is 1.86. The first kappa shape index (κ1) is 21.5. The minimum atomic E-state index is -0.526. The van der Waals surface area contributed by atoms with Crippen molar-refractivity contribution in [1.82, 2.24) is 5.32 Å². The third kappa shape index (κ3) is 5.04. The second-order valence-corrected chi connectivity index (χ2v) is 7.55. The Labute approximate surface area is 181 Å². The fourth-order valence-corrected chi connectivity index (χ4v) is 3.14. The summed E-state index contributed by atoms with van der Waals surface area (Å²) in [5.41, 5.74) is 1.24. The van der Waals surface area contributed by atoms with Crippen molar-refractivity contribution in [1.29, 1.82) is 0 Å². The lowest BCUT2D eigenvalue weighted by atomic mass is 10.1. The standard InChI is InChI=1S/C23H24N2O4S/c1-4-28-19-7-5-6-17(13-19)25-22(27)20(21(26)24-23(25)30)12-16-8-10-18(11-9-16)29-14-15(2)3/h5-13,15H,4,14H2,1-3H3,(H,24,26,30)/b20-12+. The number of carbonyl (C=O) groups is 2. The average molecular weight is 425 g/mol. The maximum absolute atomic E-state index is 13.1. The van der Waals surface area contributed by atoms with Crippen molar-refractivity contribution in [2.45, 2.75) is 20.8 Å². The molecule has 1 fully saturated rings. The fourth-order valence-electron chi connectivity index (χ4n) is 2.86. The molecule has 2 amide bonds. The summed E-state index contributed by atoms with van der Waals surface area (Å²) in [7, 11) is 0. The zero-order valence-corrected chi connectivity index (χ0v) is 18.0. The molecule has 0 aromatic heterocycles. The number of hydrogen-bond donors (Lipinski definition) is 1. The number of nitrogens with zero attached hydrogens (tertiary/aromatic N) is 1. The van der Waals surface area contributed by atoms with E-state index in [-0.39, 0.29) is 10.7 Å². The van der Waals surface area contributed by atoms with E-state index in [1.165, 1.54) is 4.90 Å². The molecule has 1 N–H and O–H groups in total. The summed E-state index contributed by atoms with van der Waals surface area (Å²) in [6, 6.07) is 14.2. The highest BCUT2D eigenvalue weighted by atomic mass is 32.1. The Kier molecular flexibility index (Phi) is 6.84. The molecule has 1 aliphatic heterocycles. The number of carbonyl (C=O) groups excluding carboxylic acids is 2. The molecule has 1 saturated heterocycles. The topological polar surface area (TPSA) is 67.9 Å². The summed E-state index contributed by atoms with van der Waals surface area (Å²) in [6.45, 7) is 7.15. The van der Waals surface area contributed by atoms with Gasteiger partial charge in [0, 0.05) is 6.07 Å². The van der Waals surface area contributed by atoms with Crippen LogP contribution in [0.2, 0.25) is 0 Å². The van der Waals surface area contributed by atoms with Gasteiger partial charge in [0.1, 0.15) is 17.1 Å². The zero-order chi connectivity index (χ0) is 21.7. The molecule has 2 aromatic rings. The molecule has 6 nitrogen and oxygen atoms in total. The van der Waals surface area contributed by atoms with E-state index in [9.17, 15) is 9.59 Å². The molecule has 0 aliphatic carbocycles. The van der Waals surface area contributed by atoms with Crippen LogP contribution in [0, 0.1) is 5.92 Å². The summed E-state index contributed by atoms with van der Waals surface area (Å²) in [6.07, 6.45) is 1.55. The summed E-state index contributed by atoms with van der Waals surface area (Å²) >= 11 is 5.24. The van der Waals surface area contributed by atoms with E-state index in [2.05, 4.69) is 19.2 Å². The van der Waals surface area contributed by atoms with Gasteiger partial charge in [-0.25, -0.2) is 0 Å². The van der Waals surface area contributed by atoms with Gasteiger partial charge in [0.05, 0.1) is 18.9 Å². The van der Waals surface area contributed by atoms with Crippen LogP contribution >= 0.6 is 12.2 Å². The highest BCUT2D eigenvalue weighted by molar-refractivity contribution is 7.80. The fraction of sp³-hybridized carbons (Fsp3) is 0.261. The zero-order valence-electron chi connectivity index (χ0n) is 17.2. The Morgan fingerprint density at radius 3 is 2.47 bits per heavy atom. The van der Waals surface area contributed by atoms with Crippen LogP contribution in [0.25, 0.3) is 6.08 Å². The van der Waals surface area contributed by atoms with Gasteiger partial charge in [-0.05, 0) is 61.0 Å². The molecule has 3 rings (SSSR count). The van der Waals surface area contributed by atoms with Gasteiger partial charge in [0.2, 0.25) is 0 Å². The van der Waals surface area contributed by atoms with Crippen LogP contribution in [0.5, 0.6) is 11.5 Å². The van der Waals surface area contributed by atoms with E-state index >= 15 is 0 Å². The van der Waals surface area contributed by atoms with E-state index < -0.39 is 11.8 Å². The van der Waals surface area contributed by atoms with Gasteiger partial charge in [-0.15, -0.1) is 0 Å². The number of anilines is 1. The lowest BCUT2D eigenvalue weighted by Crippen LogP contribution is -2.54. The van der Waals surface area contributed by atoms with E-state index in [4.69, 9.17) is 21.7 Å². The number of amides is 2. The van der Waals surface area contributed by atoms with Crippen LogP contribution in [0.3, 0.4) is 0 Å². The molecule has 156 valence electrons. The van der Waals surface area contributed by atoms with Crippen LogP contribution in [0.1, 0.15) is 26.3 Å². The number of hydrogen-bond acceptors (Lipinski definition) is 5. The Morgan fingerprint density at radius 2 is 1.80 bits per heavy atom. The third-order valence-electron chi connectivity index (χ3n) is 4.26. The van der Waals surface area contributed by atoms with Crippen LogP contribution in [0.4, 0.5) is 5.69 Å². The highest BCUT2D eigenvalue weighted by Gasteiger charge is 2.34. The van der Waals surface area contributed by atoms with E-state index in [1.54, 1.807) is 42.5 Å². The summed E-state index contributed by atoms with van der Waals surface area (Å²) in [5.74, 6) is 0.761. The molecule has 0 spiro atoms. The average Bonchev–Trinajstić information content (AvgIpc) is 2.71. The Bertz CT molecular complexity index is 983. The van der Waals surface area contributed by atoms with E-state index in [0.29, 0.717) is 36.1 Å². The predicted molar refractivity (Wildman–Crippen MR) is 121 cm³/mol. The molecule has 2 aromatic carbocycles. The largest absolute Gasteiger partial charge is 0.494 e. The monoisotopic (exact) mass is 424 g/mol. The predicted octanol–water partition coefficient (Wildman–Crippen LogP) is 3.95. The van der Waals surface area contributed by atoms with Crippen molar-refractivity contribution in [3.05, 3.63) is 59.7 Å². The van der Waals surface area contributed by atoms with Gasteiger partial charge in [-0.1, -0.05) is 32.0 Å². The van der Waals surface area contributed by atoms with Crippen molar-refractivity contribution in [3.63, 3.8) is 0 Å². The lowest BCUT2D eigenvalue weighted by Gasteiger charge is -2.29. The van der Waals surface area contributed by atoms with Gasteiger partial charge in [-0.2, -0.15) is 0 Å². The quantitative estimate of drug-likeness (QED) is 0.414. The van der Waals surface area contributed by atoms with Crippen molar-refractivity contribution in [3.8, 4) is 11.5 Å². The molecular formula is C23H24N2O4S. The molecule has 30 heavy (non-hydrogen) atoms. The van der Waals surface area contributed by atoms with Gasteiger partial charge in [-0.3, -0.25) is 19.8 Å². The molecule has 7 heteroatoms. The van der Waals surface area contributed by atoms with Gasteiger partial charge < -0.3 is 9.47 Å². The summed E-state index contributed by atoms with van der Waals surface area (Å²) in [5, 5.41) is 2.62. The third-order valence-corrected chi connectivity index (χ3v) is 4.55. The normalized spacial score (nSPS) is 15.5. The molecule has 0 bridgehead atoms. The highest BCUT2D eigenvalue weighted by Crippen LogP contribution is 2.26. The summed E-state index contributed by atoms with van der Waals surface area (Å²) in [4.78, 5) is 26.9. The molecule has 0 radical (unpaired) electrons. The van der Waals surface area contributed by atoms with Gasteiger partial charge in [0.15, 0.2) is 5.11 Å². The number of nitrogens with one attached hydrogen (secondary N) is 1. The molecule has 0 unspecified atom stereocenters. The minimum absolute atomic E-state index is 0.00117. The molecule has 0 atom stereocenters. The minimum Gasteiger partial charge on any atom is -0.494 e. The van der Waals surface area contributed by atoms with Gasteiger partial charge >= 0.3 is 0 Å². The lowest BCUT2D eigenvalue weighted by molar-refractivity contribution is -0.122. The number of ether oxygens (including phenoxy) is 2.